The molecule has 0 amide bonds. The molecule has 2 rings (SSSR count). The van der Waals surface area contributed by atoms with Crippen LogP contribution in [-0.4, -0.2) is 9.78 Å². The first-order valence-electron chi connectivity index (χ1n) is 4.61. The molecular weight excluding hydrogens is 231 g/mol. The van der Waals surface area contributed by atoms with Gasteiger partial charge in [-0.1, -0.05) is 0 Å². The third-order valence-corrected chi connectivity index (χ3v) is 2.34. The molecular formula is C11H6F3N3. The molecule has 0 saturated carbocycles. The van der Waals surface area contributed by atoms with E-state index in [0.29, 0.717) is 12.1 Å². The van der Waals surface area contributed by atoms with Crippen molar-refractivity contribution in [3.8, 4) is 17.2 Å². The van der Waals surface area contributed by atoms with Crippen LogP contribution < -0.4 is 0 Å². The lowest BCUT2D eigenvalue weighted by molar-refractivity contribution is 0.496. The lowest BCUT2D eigenvalue weighted by Gasteiger charge is -2.02. The summed E-state index contributed by atoms with van der Waals surface area (Å²) in [6, 6.07) is 2.98. The number of benzene rings is 1. The minimum Gasteiger partial charge on any atom is -0.257 e. The van der Waals surface area contributed by atoms with Gasteiger partial charge in [0.15, 0.2) is 11.6 Å². The molecule has 1 aromatic carbocycles. The maximum atomic E-state index is 13.5. The summed E-state index contributed by atoms with van der Waals surface area (Å²) in [4.78, 5) is 0. The SMILES string of the molecule is Cn1ncc(-c2cc(F)c(F)cc2F)c1C#N. The van der Waals surface area contributed by atoms with Crippen LogP contribution in [0.5, 0.6) is 0 Å². The topological polar surface area (TPSA) is 41.6 Å². The molecule has 0 N–H and O–H groups in total. The van der Waals surface area contributed by atoms with Crippen LogP contribution in [-0.2, 0) is 7.05 Å². The summed E-state index contributed by atoms with van der Waals surface area (Å²) in [6.45, 7) is 0. The highest BCUT2D eigenvalue weighted by Crippen LogP contribution is 2.27. The van der Waals surface area contributed by atoms with Crippen molar-refractivity contribution >= 4 is 0 Å². The summed E-state index contributed by atoms with van der Waals surface area (Å²) in [5, 5.41) is 12.6. The van der Waals surface area contributed by atoms with Crippen LogP contribution in [0.2, 0.25) is 0 Å². The molecule has 0 aliphatic carbocycles. The number of rotatable bonds is 1. The Bertz CT molecular complexity index is 626. The van der Waals surface area contributed by atoms with Crippen LogP contribution in [0.3, 0.4) is 0 Å². The minimum absolute atomic E-state index is 0.0786. The maximum Gasteiger partial charge on any atom is 0.161 e. The van der Waals surface area contributed by atoms with Gasteiger partial charge >= 0.3 is 0 Å². The van der Waals surface area contributed by atoms with Gasteiger partial charge in [0.05, 0.1) is 6.20 Å². The van der Waals surface area contributed by atoms with Crippen molar-refractivity contribution in [2.45, 2.75) is 0 Å². The van der Waals surface area contributed by atoms with Gasteiger partial charge in [0.25, 0.3) is 0 Å². The van der Waals surface area contributed by atoms with E-state index in [4.69, 9.17) is 5.26 Å². The van der Waals surface area contributed by atoms with Crippen LogP contribution in [0.1, 0.15) is 5.69 Å². The number of aryl methyl sites for hydroxylation is 1. The van der Waals surface area contributed by atoms with E-state index in [2.05, 4.69) is 5.10 Å². The van der Waals surface area contributed by atoms with Gasteiger partial charge in [-0.3, -0.25) is 4.68 Å². The Kier molecular flexibility index (Phi) is 2.60. The molecule has 0 bridgehead atoms. The first kappa shape index (κ1) is 11.2. The fourth-order valence-electron chi connectivity index (χ4n) is 1.50. The van der Waals surface area contributed by atoms with Crippen molar-refractivity contribution in [2.24, 2.45) is 7.05 Å². The monoisotopic (exact) mass is 237 g/mol. The molecule has 0 saturated heterocycles. The Morgan fingerprint density at radius 2 is 1.76 bits per heavy atom. The van der Waals surface area contributed by atoms with E-state index >= 15 is 0 Å². The standard InChI is InChI=1S/C11H6F3N3/c1-17-11(4-15)7(5-16-17)6-2-9(13)10(14)3-8(6)12/h2-3,5H,1H3. The van der Waals surface area contributed by atoms with Crippen LogP contribution in [0.4, 0.5) is 13.2 Å². The smallest absolute Gasteiger partial charge is 0.161 e. The first-order chi connectivity index (χ1) is 8.04. The molecule has 0 radical (unpaired) electrons. The number of nitriles is 1. The van der Waals surface area contributed by atoms with Gasteiger partial charge in [0, 0.05) is 24.2 Å². The summed E-state index contributed by atoms with van der Waals surface area (Å²) >= 11 is 0. The highest BCUT2D eigenvalue weighted by Gasteiger charge is 2.17. The number of halogens is 3. The Balaban J connectivity index is 2.69. The van der Waals surface area contributed by atoms with Crippen LogP contribution in [0.25, 0.3) is 11.1 Å². The van der Waals surface area contributed by atoms with Crippen molar-refractivity contribution in [3.05, 3.63) is 41.5 Å². The molecule has 0 atom stereocenters. The molecule has 0 aliphatic rings. The Morgan fingerprint density at radius 3 is 2.41 bits per heavy atom. The molecule has 0 fully saturated rings. The molecule has 0 aliphatic heterocycles. The van der Waals surface area contributed by atoms with E-state index in [0.717, 1.165) is 0 Å². The zero-order valence-corrected chi connectivity index (χ0v) is 8.71. The van der Waals surface area contributed by atoms with Gasteiger partial charge in [-0.05, 0) is 6.07 Å². The van der Waals surface area contributed by atoms with Gasteiger partial charge < -0.3 is 0 Å². The van der Waals surface area contributed by atoms with Crippen molar-refractivity contribution in [1.29, 1.82) is 5.26 Å². The summed E-state index contributed by atoms with van der Waals surface area (Å²) < 4.78 is 40.5. The molecule has 1 heterocycles. The van der Waals surface area contributed by atoms with Crippen molar-refractivity contribution in [3.63, 3.8) is 0 Å². The van der Waals surface area contributed by atoms with E-state index < -0.39 is 17.5 Å². The molecule has 1 aromatic heterocycles. The van der Waals surface area contributed by atoms with E-state index in [-0.39, 0.29) is 16.8 Å². The maximum absolute atomic E-state index is 13.5. The summed E-state index contributed by atoms with van der Waals surface area (Å²) in [7, 11) is 1.50. The molecule has 17 heavy (non-hydrogen) atoms. The second kappa shape index (κ2) is 3.94. The van der Waals surface area contributed by atoms with E-state index in [1.807, 2.05) is 6.07 Å². The van der Waals surface area contributed by atoms with Gasteiger partial charge in [0.2, 0.25) is 0 Å². The van der Waals surface area contributed by atoms with Gasteiger partial charge in [-0.15, -0.1) is 0 Å². The average Bonchev–Trinajstić information content (AvgIpc) is 2.64. The number of hydrogen-bond acceptors (Lipinski definition) is 2. The first-order valence-corrected chi connectivity index (χ1v) is 4.61. The normalized spacial score (nSPS) is 10.3. The van der Waals surface area contributed by atoms with Gasteiger partial charge in [0.1, 0.15) is 17.6 Å². The number of aromatic nitrogens is 2. The van der Waals surface area contributed by atoms with Crippen molar-refractivity contribution < 1.29 is 13.2 Å². The predicted molar refractivity (Wildman–Crippen MR) is 53.2 cm³/mol. The van der Waals surface area contributed by atoms with Crippen molar-refractivity contribution in [1.82, 2.24) is 9.78 Å². The van der Waals surface area contributed by atoms with Crippen molar-refractivity contribution in [2.75, 3.05) is 0 Å². The van der Waals surface area contributed by atoms with Crippen LogP contribution in [0, 0.1) is 28.8 Å². The summed E-state index contributed by atoms with van der Waals surface area (Å²) in [5.41, 5.74) is 0.0230. The van der Waals surface area contributed by atoms with Crippen LogP contribution >= 0.6 is 0 Å². The quantitative estimate of drug-likeness (QED) is 0.714. The van der Waals surface area contributed by atoms with E-state index in [1.165, 1.54) is 17.9 Å². The lowest BCUT2D eigenvalue weighted by Crippen LogP contribution is -1.96. The van der Waals surface area contributed by atoms with Gasteiger partial charge in [-0.2, -0.15) is 10.4 Å². The van der Waals surface area contributed by atoms with E-state index in [1.54, 1.807) is 0 Å². The highest BCUT2D eigenvalue weighted by molar-refractivity contribution is 5.68. The fraction of sp³-hybridized carbons (Fsp3) is 0.0909. The van der Waals surface area contributed by atoms with Gasteiger partial charge in [-0.25, -0.2) is 13.2 Å². The Morgan fingerprint density at radius 1 is 1.12 bits per heavy atom. The molecule has 0 spiro atoms. The number of nitrogens with zero attached hydrogens (tertiary/aromatic N) is 3. The molecule has 86 valence electrons. The summed E-state index contributed by atoms with van der Waals surface area (Å²) in [5.74, 6) is -3.38. The largest absolute Gasteiger partial charge is 0.257 e. The third kappa shape index (κ3) is 1.76. The third-order valence-electron chi connectivity index (χ3n) is 2.34. The molecule has 3 nitrogen and oxygen atoms in total. The Hall–Kier alpha value is -2.29. The van der Waals surface area contributed by atoms with E-state index in [9.17, 15) is 13.2 Å². The highest BCUT2D eigenvalue weighted by atomic mass is 19.2. The van der Waals surface area contributed by atoms with Crippen LogP contribution in [0.15, 0.2) is 18.3 Å². The zero-order valence-electron chi connectivity index (χ0n) is 8.71. The molecule has 2 aromatic rings. The Labute approximate surface area is 94.7 Å². The minimum atomic E-state index is -1.27. The molecule has 6 heteroatoms. The average molecular weight is 237 g/mol. The lowest BCUT2D eigenvalue weighted by atomic mass is 10.1. The number of hydrogen-bond donors (Lipinski definition) is 0. The fourth-order valence-corrected chi connectivity index (χ4v) is 1.50. The summed E-state index contributed by atoms with van der Waals surface area (Å²) in [6.07, 6.45) is 1.23. The second-order valence-corrected chi connectivity index (χ2v) is 3.39. The zero-order chi connectivity index (χ0) is 12.6. The molecule has 0 unspecified atom stereocenters. The second-order valence-electron chi connectivity index (χ2n) is 3.39. The predicted octanol–water partition coefficient (Wildman–Crippen LogP) is 2.38.